The van der Waals surface area contributed by atoms with Gasteiger partial charge in [0.05, 0.1) is 11.3 Å². The number of carbonyl (C=O) groups is 3. The number of benzene rings is 2. The minimum atomic E-state index is -1.75. The minimum absolute atomic E-state index is 0.183. The fourth-order valence-electron chi connectivity index (χ4n) is 5.58. The molecular formula is C29H33N3O6. The highest BCUT2D eigenvalue weighted by atomic mass is 16.6. The molecule has 1 spiro atoms. The average Bonchev–Trinajstić information content (AvgIpc) is 3.29. The summed E-state index contributed by atoms with van der Waals surface area (Å²) < 4.78 is 11.3. The topological polar surface area (TPSA) is 99.6 Å². The molecule has 200 valence electrons. The number of aliphatic hydroxyl groups is 1. The lowest BCUT2D eigenvalue weighted by Gasteiger charge is -2.35. The van der Waals surface area contributed by atoms with Gasteiger partial charge in [-0.1, -0.05) is 31.5 Å². The molecule has 1 atom stereocenters. The van der Waals surface area contributed by atoms with Gasteiger partial charge in [-0.05, 0) is 57.7 Å². The Balaban J connectivity index is 1.72. The molecule has 38 heavy (non-hydrogen) atoms. The Morgan fingerprint density at radius 2 is 1.74 bits per heavy atom. The first-order chi connectivity index (χ1) is 18.3. The van der Waals surface area contributed by atoms with Crippen molar-refractivity contribution in [1.82, 2.24) is 9.80 Å². The first kappa shape index (κ1) is 25.8. The van der Waals surface area contributed by atoms with E-state index in [2.05, 4.69) is 0 Å². The molecule has 3 heterocycles. The summed E-state index contributed by atoms with van der Waals surface area (Å²) in [5.41, 5.74) is -0.497. The maximum Gasteiger partial charge on any atom is 0.296 e. The number of unbranched alkanes of at least 4 members (excludes halogenated alkanes) is 1. The Morgan fingerprint density at radius 1 is 1.00 bits per heavy atom. The summed E-state index contributed by atoms with van der Waals surface area (Å²) in [5.74, 6) is -1.51. The predicted molar refractivity (Wildman–Crippen MR) is 142 cm³/mol. The maximum absolute atomic E-state index is 14.4. The molecule has 1 unspecified atom stereocenters. The van der Waals surface area contributed by atoms with Gasteiger partial charge in [0.15, 0.2) is 17.0 Å². The van der Waals surface area contributed by atoms with Crippen LogP contribution in [0.2, 0.25) is 0 Å². The first-order valence-corrected chi connectivity index (χ1v) is 13.1. The molecule has 2 aromatic rings. The van der Waals surface area contributed by atoms with Crippen LogP contribution in [0.25, 0.3) is 5.76 Å². The van der Waals surface area contributed by atoms with Gasteiger partial charge in [0, 0.05) is 24.2 Å². The van der Waals surface area contributed by atoms with Crippen LogP contribution in [0, 0.1) is 0 Å². The van der Waals surface area contributed by atoms with Crippen LogP contribution in [-0.2, 0) is 19.9 Å². The third-order valence-electron chi connectivity index (χ3n) is 7.35. The van der Waals surface area contributed by atoms with Crippen LogP contribution in [0.15, 0.2) is 48.0 Å². The summed E-state index contributed by atoms with van der Waals surface area (Å²) in [5, 5.41) is 11.7. The molecule has 0 radical (unpaired) electrons. The summed E-state index contributed by atoms with van der Waals surface area (Å²) in [6, 6.07) is 12.1. The number of rotatable bonds is 8. The monoisotopic (exact) mass is 519 g/mol. The van der Waals surface area contributed by atoms with Gasteiger partial charge >= 0.3 is 0 Å². The van der Waals surface area contributed by atoms with Crippen molar-refractivity contribution >= 4 is 29.0 Å². The Bertz CT molecular complexity index is 1320. The number of anilines is 1. The highest BCUT2D eigenvalue weighted by Gasteiger charge is 2.66. The normalized spacial score (nSPS) is 21.6. The summed E-state index contributed by atoms with van der Waals surface area (Å²) in [7, 11) is 3.85. The Hall–Kier alpha value is -3.85. The average molecular weight is 520 g/mol. The first-order valence-electron chi connectivity index (χ1n) is 13.1. The third-order valence-corrected chi connectivity index (χ3v) is 7.35. The van der Waals surface area contributed by atoms with Gasteiger partial charge in [0.25, 0.3) is 17.6 Å². The SMILES string of the molecule is CCCCN1C(=O)C2(/C(=C(/O)c3ccc4c(c3)OCCO4)C(=O)C(=O)N2CCCN(C)C)c2ccccc21. The molecule has 2 amide bonds. The largest absolute Gasteiger partial charge is 0.507 e. The summed E-state index contributed by atoms with van der Waals surface area (Å²) in [4.78, 5) is 46.8. The summed E-state index contributed by atoms with van der Waals surface area (Å²) >= 11 is 0. The van der Waals surface area contributed by atoms with Gasteiger partial charge in [-0.3, -0.25) is 14.4 Å². The molecule has 0 aromatic heterocycles. The van der Waals surface area contributed by atoms with Crippen LogP contribution < -0.4 is 14.4 Å². The number of ether oxygens (including phenoxy) is 2. The van der Waals surface area contributed by atoms with E-state index in [9.17, 15) is 19.5 Å². The summed E-state index contributed by atoms with van der Waals surface area (Å²) in [6.45, 7) is 4.10. The van der Waals surface area contributed by atoms with Crippen LogP contribution in [-0.4, -0.2) is 79.4 Å². The number of ketones is 1. The Kier molecular flexibility index (Phi) is 6.88. The fourth-order valence-corrected chi connectivity index (χ4v) is 5.58. The quantitative estimate of drug-likeness (QED) is 0.325. The van der Waals surface area contributed by atoms with E-state index in [0.717, 1.165) is 12.8 Å². The number of fused-ring (bicyclic) bond motifs is 3. The molecule has 1 N–H and O–H groups in total. The summed E-state index contributed by atoms with van der Waals surface area (Å²) in [6.07, 6.45) is 2.18. The molecule has 9 heteroatoms. The zero-order chi connectivity index (χ0) is 27.0. The highest BCUT2D eigenvalue weighted by Crippen LogP contribution is 2.54. The van der Waals surface area contributed by atoms with Gasteiger partial charge in [-0.25, -0.2) is 0 Å². The lowest BCUT2D eigenvalue weighted by molar-refractivity contribution is -0.143. The van der Waals surface area contributed by atoms with Crippen molar-refractivity contribution in [2.75, 3.05) is 51.8 Å². The van der Waals surface area contributed by atoms with Gasteiger partial charge in [-0.15, -0.1) is 0 Å². The van der Waals surface area contributed by atoms with Crippen molar-refractivity contribution in [2.45, 2.75) is 31.7 Å². The van der Waals surface area contributed by atoms with Crippen molar-refractivity contribution in [2.24, 2.45) is 0 Å². The van der Waals surface area contributed by atoms with Gasteiger partial charge in [0.1, 0.15) is 19.0 Å². The highest BCUT2D eigenvalue weighted by molar-refractivity contribution is 6.50. The van der Waals surface area contributed by atoms with E-state index < -0.39 is 28.9 Å². The molecule has 0 bridgehead atoms. The van der Waals surface area contributed by atoms with Crippen LogP contribution in [0.5, 0.6) is 11.5 Å². The number of para-hydroxylation sites is 1. The predicted octanol–water partition coefficient (Wildman–Crippen LogP) is 3.13. The van der Waals surface area contributed by atoms with Crippen molar-refractivity contribution < 1.29 is 29.0 Å². The van der Waals surface area contributed by atoms with E-state index in [1.165, 1.54) is 4.90 Å². The molecule has 9 nitrogen and oxygen atoms in total. The molecule has 1 saturated heterocycles. The minimum Gasteiger partial charge on any atom is -0.507 e. The molecule has 2 aromatic carbocycles. The molecule has 0 saturated carbocycles. The van der Waals surface area contributed by atoms with Crippen molar-refractivity contribution in [3.8, 4) is 11.5 Å². The van der Waals surface area contributed by atoms with Gasteiger partial charge < -0.3 is 29.3 Å². The zero-order valence-corrected chi connectivity index (χ0v) is 22.0. The van der Waals surface area contributed by atoms with E-state index in [0.29, 0.717) is 55.5 Å². The number of carbonyl (C=O) groups excluding carboxylic acids is 3. The number of hydrogen-bond acceptors (Lipinski definition) is 7. The van der Waals surface area contributed by atoms with Crippen molar-refractivity contribution in [3.63, 3.8) is 0 Å². The lowest BCUT2D eigenvalue weighted by Crippen LogP contribution is -2.52. The molecular weight excluding hydrogens is 486 g/mol. The number of nitrogens with zero attached hydrogens (tertiary/aromatic N) is 3. The van der Waals surface area contributed by atoms with Crippen LogP contribution in [0.4, 0.5) is 5.69 Å². The molecule has 1 fully saturated rings. The number of likely N-dealkylation sites (tertiary alicyclic amines) is 1. The van der Waals surface area contributed by atoms with Crippen LogP contribution in [0.1, 0.15) is 37.3 Å². The molecule has 3 aliphatic heterocycles. The third kappa shape index (κ3) is 3.93. The van der Waals surface area contributed by atoms with Crippen molar-refractivity contribution in [1.29, 1.82) is 0 Å². The van der Waals surface area contributed by atoms with Gasteiger partial charge in [0.2, 0.25) is 0 Å². The van der Waals surface area contributed by atoms with Crippen LogP contribution in [0.3, 0.4) is 0 Å². The van der Waals surface area contributed by atoms with E-state index >= 15 is 0 Å². The number of hydrogen-bond donors (Lipinski definition) is 1. The molecule has 0 aliphatic carbocycles. The van der Waals surface area contributed by atoms with E-state index in [1.807, 2.05) is 38.1 Å². The smallest absolute Gasteiger partial charge is 0.296 e. The second-order valence-corrected chi connectivity index (χ2v) is 10.1. The van der Waals surface area contributed by atoms with Crippen molar-refractivity contribution in [3.05, 3.63) is 59.2 Å². The Labute approximate surface area is 222 Å². The van der Waals surface area contributed by atoms with Crippen LogP contribution >= 0.6 is 0 Å². The van der Waals surface area contributed by atoms with E-state index in [4.69, 9.17) is 9.47 Å². The molecule has 5 rings (SSSR count). The van der Waals surface area contributed by atoms with E-state index in [1.54, 1.807) is 35.2 Å². The molecule has 3 aliphatic rings. The maximum atomic E-state index is 14.4. The second-order valence-electron chi connectivity index (χ2n) is 10.1. The van der Waals surface area contributed by atoms with Gasteiger partial charge in [-0.2, -0.15) is 0 Å². The Morgan fingerprint density at radius 3 is 2.47 bits per heavy atom. The standard InChI is InChI=1S/C29H33N3O6/c1-4-5-14-31-21-10-7-6-9-20(21)29(28(31)36)24(26(34)27(35)32(29)15-8-13-30(2)3)25(33)19-11-12-22-23(18-19)38-17-16-37-22/h6-7,9-12,18,33H,4-5,8,13-17H2,1-3H3/b25-24+. The zero-order valence-electron chi connectivity index (χ0n) is 22.0. The lowest BCUT2D eigenvalue weighted by atomic mass is 9.81. The second kappa shape index (κ2) is 10.1. The number of aliphatic hydroxyl groups excluding tert-OH is 1. The van der Waals surface area contributed by atoms with E-state index in [-0.39, 0.29) is 17.7 Å². The number of amides is 2. The fraction of sp³-hybridized carbons (Fsp3) is 0.414. The number of Topliss-reactive ketones (excluding diaryl/α,β-unsaturated/α-hetero) is 1.